The molecule has 1 fully saturated rings. The number of benzene rings is 1. The van der Waals surface area contributed by atoms with E-state index in [0.717, 1.165) is 29.3 Å². The molecule has 1 saturated carbocycles. The normalized spacial score (nSPS) is 18.4. The Kier molecular flexibility index (Phi) is 2.55. The van der Waals surface area contributed by atoms with Gasteiger partial charge >= 0.3 is 0 Å². The molecule has 1 aromatic rings. The van der Waals surface area contributed by atoms with E-state index >= 15 is 0 Å². The van der Waals surface area contributed by atoms with Gasteiger partial charge in [0.2, 0.25) is 0 Å². The van der Waals surface area contributed by atoms with Gasteiger partial charge in [-0.15, -0.1) is 0 Å². The lowest BCUT2D eigenvalue weighted by molar-refractivity contribution is 0.323. The van der Waals surface area contributed by atoms with Gasteiger partial charge in [0.05, 0.1) is 11.5 Å². The molecule has 0 aliphatic heterocycles. The Morgan fingerprint density at radius 3 is 2.57 bits per heavy atom. The molecule has 1 nitrogen and oxygen atoms in total. The minimum Gasteiger partial charge on any atom is -0.197 e. The molecule has 0 saturated heterocycles. The zero-order chi connectivity index (χ0) is 10.2. The third-order valence-corrected chi connectivity index (χ3v) is 3.84. The van der Waals surface area contributed by atoms with Crippen molar-refractivity contribution in [1.29, 1.82) is 5.26 Å². The number of nitrogens with zero attached hydrogens (tertiary/aromatic N) is 1. The second kappa shape index (κ2) is 3.56. The van der Waals surface area contributed by atoms with Crippen molar-refractivity contribution in [2.75, 3.05) is 0 Å². The van der Waals surface area contributed by atoms with Crippen LogP contribution in [0, 0.1) is 11.3 Å². The van der Waals surface area contributed by atoms with E-state index in [2.05, 4.69) is 22.0 Å². The minimum absolute atomic E-state index is 0.336. The Hall–Kier alpha value is -0.520. The Bertz CT molecular complexity index is 384. The highest BCUT2D eigenvalue weighted by Crippen LogP contribution is 2.48. The van der Waals surface area contributed by atoms with Crippen LogP contribution in [-0.4, -0.2) is 0 Å². The van der Waals surface area contributed by atoms with Crippen molar-refractivity contribution in [3.8, 4) is 6.07 Å². The van der Waals surface area contributed by atoms with E-state index in [0.29, 0.717) is 5.02 Å². The third-order valence-electron chi connectivity index (χ3n) is 2.86. The van der Waals surface area contributed by atoms with Gasteiger partial charge in [-0.1, -0.05) is 33.6 Å². The van der Waals surface area contributed by atoms with Crippen LogP contribution < -0.4 is 0 Å². The number of rotatable bonds is 1. The first-order valence-corrected chi connectivity index (χ1v) is 5.72. The van der Waals surface area contributed by atoms with Gasteiger partial charge in [-0.3, -0.25) is 0 Å². The van der Waals surface area contributed by atoms with Gasteiger partial charge in [0.1, 0.15) is 0 Å². The summed E-state index contributed by atoms with van der Waals surface area (Å²) in [4.78, 5) is 0. The summed E-state index contributed by atoms with van der Waals surface area (Å²) in [5, 5.41) is 9.90. The molecule has 0 atom stereocenters. The molecule has 1 aliphatic rings. The highest BCUT2D eigenvalue weighted by atomic mass is 79.9. The highest BCUT2D eigenvalue weighted by Gasteiger charge is 2.41. The fraction of sp³-hybridized carbons (Fsp3) is 0.364. The number of hydrogen-bond acceptors (Lipinski definition) is 1. The lowest BCUT2D eigenvalue weighted by atomic mass is 9.65. The second-order valence-corrected chi connectivity index (χ2v) is 4.91. The first-order chi connectivity index (χ1) is 6.69. The summed E-state index contributed by atoms with van der Waals surface area (Å²) in [6, 6.07) is 8.08. The van der Waals surface area contributed by atoms with Crippen molar-refractivity contribution in [2.24, 2.45) is 0 Å². The van der Waals surface area contributed by atoms with Crippen LogP contribution in [0.4, 0.5) is 0 Å². The predicted molar refractivity (Wildman–Crippen MR) is 60.3 cm³/mol. The number of hydrogen-bond donors (Lipinski definition) is 0. The summed E-state index contributed by atoms with van der Waals surface area (Å²) >= 11 is 9.59. The Morgan fingerprint density at radius 1 is 1.43 bits per heavy atom. The molecule has 0 spiro atoms. The van der Waals surface area contributed by atoms with Crippen molar-refractivity contribution in [3.05, 3.63) is 33.3 Å². The van der Waals surface area contributed by atoms with Gasteiger partial charge in [0.15, 0.2) is 0 Å². The van der Waals surface area contributed by atoms with Crippen molar-refractivity contribution in [1.82, 2.24) is 0 Å². The predicted octanol–water partition coefficient (Wildman–Crippen LogP) is 4.05. The monoisotopic (exact) mass is 269 g/mol. The lowest BCUT2D eigenvalue weighted by Crippen LogP contribution is -2.33. The molecule has 0 radical (unpaired) electrons. The van der Waals surface area contributed by atoms with Crippen LogP contribution in [0.5, 0.6) is 0 Å². The molecule has 2 rings (SSSR count). The van der Waals surface area contributed by atoms with Crippen LogP contribution in [0.3, 0.4) is 0 Å². The fourth-order valence-corrected chi connectivity index (χ4v) is 3.12. The molecule has 0 unspecified atom stereocenters. The van der Waals surface area contributed by atoms with E-state index in [4.69, 9.17) is 11.6 Å². The standard InChI is InChI=1S/C11H9BrClN/c12-8-3-1-4-9(13)10(8)11(7-14)5-2-6-11/h1,3-4H,2,5-6H2. The van der Waals surface area contributed by atoms with Crippen molar-refractivity contribution in [3.63, 3.8) is 0 Å². The minimum atomic E-state index is -0.336. The van der Waals surface area contributed by atoms with Crippen molar-refractivity contribution in [2.45, 2.75) is 24.7 Å². The first-order valence-electron chi connectivity index (χ1n) is 4.55. The second-order valence-electron chi connectivity index (χ2n) is 3.64. The van der Waals surface area contributed by atoms with E-state index in [9.17, 15) is 5.26 Å². The topological polar surface area (TPSA) is 23.8 Å². The van der Waals surface area contributed by atoms with Gasteiger partial charge in [0, 0.05) is 15.1 Å². The molecule has 0 bridgehead atoms. The zero-order valence-corrected chi connectivity index (χ0v) is 9.90. The largest absolute Gasteiger partial charge is 0.197 e. The van der Waals surface area contributed by atoms with Crippen LogP contribution in [0.1, 0.15) is 24.8 Å². The quantitative estimate of drug-likeness (QED) is 0.755. The average molecular weight is 271 g/mol. The van der Waals surface area contributed by atoms with E-state index < -0.39 is 0 Å². The van der Waals surface area contributed by atoms with Gasteiger partial charge in [-0.25, -0.2) is 0 Å². The number of halogens is 2. The molecule has 1 aromatic carbocycles. The highest BCUT2D eigenvalue weighted by molar-refractivity contribution is 9.10. The van der Waals surface area contributed by atoms with E-state index in [1.807, 2.05) is 18.2 Å². The summed E-state index contributed by atoms with van der Waals surface area (Å²) in [6.45, 7) is 0. The van der Waals surface area contributed by atoms with Gasteiger partial charge in [0.25, 0.3) is 0 Å². The summed E-state index contributed by atoms with van der Waals surface area (Å²) in [7, 11) is 0. The maximum Gasteiger partial charge on any atom is 0.0847 e. The lowest BCUT2D eigenvalue weighted by Gasteiger charge is -2.36. The fourth-order valence-electron chi connectivity index (χ4n) is 1.90. The smallest absolute Gasteiger partial charge is 0.0847 e. The summed E-state index contributed by atoms with van der Waals surface area (Å²) in [6.07, 6.45) is 2.96. The Labute approximate surface area is 96.8 Å². The average Bonchev–Trinajstić information content (AvgIpc) is 2.08. The van der Waals surface area contributed by atoms with E-state index in [1.165, 1.54) is 0 Å². The molecule has 72 valence electrons. The Morgan fingerprint density at radius 2 is 2.14 bits per heavy atom. The van der Waals surface area contributed by atoms with Crippen LogP contribution in [0.2, 0.25) is 5.02 Å². The molecule has 0 N–H and O–H groups in total. The molecule has 1 aliphatic carbocycles. The van der Waals surface area contributed by atoms with Crippen molar-refractivity contribution < 1.29 is 0 Å². The molecule has 3 heteroatoms. The molecule has 14 heavy (non-hydrogen) atoms. The first kappa shape index (κ1) is 10.0. The molecule has 0 aromatic heterocycles. The van der Waals surface area contributed by atoms with Crippen LogP contribution in [-0.2, 0) is 5.41 Å². The molecule has 0 amide bonds. The molecular formula is C11H9BrClN. The van der Waals surface area contributed by atoms with Crippen LogP contribution in [0.25, 0.3) is 0 Å². The molecular weight excluding hydrogens is 261 g/mol. The number of nitriles is 1. The SMILES string of the molecule is N#CC1(c2c(Cl)cccc2Br)CCC1. The third kappa shape index (κ3) is 1.36. The molecule has 0 heterocycles. The summed E-state index contributed by atoms with van der Waals surface area (Å²) in [5.74, 6) is 0. The summed E-state index contributed by atoms with van der Waals surface area (Å²) in [5.41, 5.74) is 0.632. The van der Waals surface area contributed by atoms with Crippen LogP contribution in [0.15, 0.2) is 22.7 Å². The van der Waals surface area contributed by atoms with E-state index in [-0.39, 0.29) is 5.41 Å². The van der Waals surface area contributed by atoms with E-state index in [1.54, 1.807) is 0 Å². The Balaban J connectivity index is 2.56. The maximum atomic E-state index is 9.21. The maximum absolute atomic E-state index is 9.21. The van der Waals surface area contributed by atoms with Gasteiger partial charge in [-0.2, -0.15) is 5.26 Å². The van der Waals surface area contributed by atoms with Gasteiger partial charge < -0.3 is 0 Å². The summed E-state index contributed by atoms with van der Waals surface area (Å²) < 4.78 is 0.950. The zero-order valence-electron chi connectivity index (χ0n) is 7.56. The van der Waals surface area contributed by atoms with Crippen LogP contribution >= 0.6 is 27.5 Å². The van der Waals surface area contributed by atoms with Crippen molar-refractivity contribution >= 4 is 27.5 Å². The van der Waals surface area contributed by atoms with Gasteiger partial charge in [-0.05, 0) is 31.4 Å².